The van der Waals surface area contributed by atoms with Crippen molar-refractivity contribution < 1.29 is 23.8 Å². The van der Waals surface area contributed by atoms with Gasteiger partial charge in [0.05, 0.1) is 13.7 Å². The van der Waals surface area contributed by atoms with Crippen molar-refractivity contribution in [3.63, 3.8) is 0 Å². The van der Waals surface area contributed by atoms with Crippen LogP contribution in [-0.2, 0) is 14.3 Å². The molecule has 0 aliphatic rings. The minimum atomic E-state index is -0.928. The SMILES string of the molecule is CCOc1cc(/C=C/C(=O)O[C@@H](C)C(=O)Nc2ccc(C)cc2C)ccc1OC. The smallest absolute Gasteiger partial charge is 0.331 e. The van der Waals surface area contributed by atoms with E-state index >= 15 is 0 Å². The molecule has 154 valence electrons. The summed E-state index contributed by atoms with van der Waals surface area (Å²) in [4.78, 5) is 24.4. The number of ether oxygens (including phenoxy) is 3. The fourth-order valence-electron chi connectivity index (χ4n) is 2.68. The summed E-state index contributed by atoms with van der Waals surface area (Å²) in [6.45, 7) is 7.80. The number of aryl methyl sites for hydroxylation is 2. The molecule has 0 heterocycles. The van der Waals surface area contributed by atoms with Crippen LogP contribution in [0.25, 0.3) is 6.08 Å². The molecule has 0 aromatic heterocycles. The molecule has 1 N–H and O–H groups in total. The van der Waals surface area contributed by atoms with Crippen molar-refractivity contribution in [2.75, 3.05) is 19.0 Å². The molecule has 0 radical (unpaired) electrons. The molecule has 29 heavy (non-hydrogen) atoms. The molecule has 0 unspecified atom stereocenters. The van der Waals surface area contributed by atoms with Crippen LogP contribution in [0.4, 0.5) is 5.69 Å². The van der Waals surface area contributed by atoms with Gasteiger partial charge in [-0.25, -0.2) is 4.79 Å². The first kappa shape index (κ1) is 22.0. The van der Waals surface area contributed by atoms with Gasteiger partial charge in [0.15, 0.2) is 17.6 Å². The molecule has 2 aromatic rings. The summed E-state index contributed by atoms with van der Waals surface area (Å²) in [6, 6.07) is 11.0. The second kappa shape index (κ2) is 10.3. The highest BCUT2D eigenvalue weighted by Gasteiger charge is 2.17. The number of nitrogens with one attached hydrogen (secondary N) is 1. The first-order valence-corrected chi connectivity index (χ1v) is 9.41. The normalized spacial score (nSPS) is 11.8. The van der Waals surface area contributed by atoms with E-state index in [0.717, 1.165) is 16.7 Å². The molecule has 2 aromatic carbocycles. The zero-order valence-electron chi connectivity index (χ0n) is 17.4. The van der Waals surface area contributed by atoms with E-state index in [0.29, 0.717) is 23.8 Å². The molecule has 6 heteroatoms. The maximum absolute atomic E-state index is 12.3. The Morgan fingerprint density at radius 2 is 1.86 bits per heavy atom. The maximum Gasteiger partial charge on any atom is 0.331 e. The first-order chi connectivity index (χ1) is 13.8. The highest BCUT2D eigenvalue weighted by Crippen LogP contribution is 2.28. The number of hydrogen-bond acceptors (Lipinski definition) is 5. The Balaban J connectivity index is 1.97. The van der Waals surface area contributed by atoms with Gasteiger partial charge in [-0.3, -0.25) is 4.79 Å². The molecule has 6 nitrogen and oxygen atoms in total. The Morgan fingerprint density at radius 1 is 1.10 bits per heavy atom. The second-order valence-electron chi connectivity index (χ2n) is 6.56. The lowest BCUT2D eigenvalue weighted by atomic mass is 10.1. The third-order valence-electron chi connectivity index (χ3n) is 4.20. The Labute approximate surface area is 171 Å². The predicted octanol–water partition coefficient (Wildman–Crippen LogP) is 4.29. The first-order valence-electron chi connectivity index (χ1n) is 9.41. The number of carbonyl (C=O) groups is 2. The van der Waals surface area contributed by atoms with Crippen molar-refractivity contribution in [3.05, 3.63) is 59.2 Å². The van der Waals surface area contributed by atoms with Gasteiger partial charge in [-0.05, 0) is 63.1 Å². The monoisotopic (exact) mass is 397 g/mol. The number of amides is 1. The number of anilines is 1. The van der Waals surface area contributed by atoms with Crippen LogP contribution < -0.4 is 14.8 Å². The van der Waals surface area contributed by atoms with Gasteiger partial charge >= 0.3 is 5.97 Å². The lowest BCUT2D eigenvalue weighted by molar-refractivity contribution is -0.148. The fourth-order valence-corrected chi connectivity index (χ4v) is 2.68. The Hall–Kier alpha value is -3.28. The maximum atomic E-state index is 12.3. The van der Waals surface area contributed by atoms with Gasteiger partial charge in [-0.1, -0.05) is 23.8 Å². The number of hydrogen-bond donors (Lipinski definition) is 1. The van der Waals surface area contributed by atoms with Gasteiger partial charge in [0.2, 0.25) is 0 Å². The largest absolute Gasteiger partial charge is 0.493 e. The number of rotatable bonds is 8. The third-order valence-corrected chi connectivity index (χ3v) is 4.20. The van der Waals surface area contributed by atoms with Gasteiger partial charge in [0, 0.05) is 11.8 Å². The summed E-state index contributed by atoms with van der Waals surface area (Å²) in [6.07, 6.45) is 1.94. The van der Waals surface area contributed by atoms with E-state index in [1.54, 1.807) is 31.4 Å². The highest BCUT2D eigenvalue weighted by molar-refractivity contribution is 5.97. The van der Waals surface area contributed by atoms with Crippen molar-refractivity contribution >= 4 is 23.6 Å². The molecule has 1 amide bonds. The molecule has 0 saturated heterocycles. The third kappa shape index (κ3) is 6.38. The molecule has 0 bridgehead atoms. The average Bonchev–Trinajstić information content (AvgIpc) is 2.68. The van der Waals surface area contributed by atoms with Crippen LogP contribution in [-0.4, -0.2) is 31.7 Å². The standard InChI is InChI=1S/C23H27NO5/c1-6-28-21-14-18(8-11-20(21)27-5)9-12-22(25)29-17(4)23(26)24-19-10-7-15(2)13-16(19)3/h7-14,17H,6H2,1-5H3,(H,24,26)/b12-9+/t17-/m0/s1. The number of esters is 1. The van der Waals surface area contributed by atoms with Crippen LogP contribution in [0.1, 0.15) is 30.5 Å². The minimum absolute atomic E-state index is 0.387. The topological polar surface area (TPSA) is 73.9 Å². The summed E-state index contributed by atoms with van der Waals surface area (Å²) in [5.41, 5.74) is 3.50. The Kier molecular flexibility index (Phi) is 7.83. The minimum Gasteiger partial charge on any atom is -0.493 e. The van der Waals surface area contributed by atoms with Crippen LogP contribution in [0.5, 0.6) is 11.5 Å². The zero-order valence-corrected chi connectivity index (χ0v) is 17.4. The molecule has 1 atom stereocenters. The van der Waals surface area contributed by atoms with Crippen LogP contribution in [0.15, 0.2) is 42.5 Å². The summed E-state index contributed by atoms with van der Waals surface area (Å²) in [7, 11) is 1.56. The van der Waals surface area contributed by atoms with Gasteiger partial charge in [-0.15, -0.1) is 0 Å². The zero-order chi connectivity index (χ0) is 21.4. The molecule has 0 saturated carbocycles. The molecule has 0 aliphatic heterocycles. The van der Waals surface area contributed by atoms with E-state index in [9.17, 15) is 9.59 Å². The van der Waals surface area contributed by atoms with E-state index < -0.39 is 12.1 Å². The molecular weight excluding hydrogens is 370 g/mol. The van der Waals surface area contributed by atoms with E-state index in [1.807, 2.05) is 39.0 Å². The van der Waals surface area contributed by atoms with Gasteiger partial charge in [-0.2, -0.15) is 0 Å². The van der Waals surface area contributed by atoms with Crippen LogP contribution in [0.3, 0.4) is 0 Å². The van der Waals surface area contributed by atoms with Crippen molar-refractivity contribution in [3.8, 4) is 11.5 Å². The number of benzene rings is 2. The number of methoxy groups -OCH3 is 1. The number of carbonyl (C=O) groups excluding carboxylic acids is 2. The molecular formula is C23H27NO5. The van der Waals surface area contributed by atoms with Crippen LogP contribution in [0, 0.1) is 13.8 Å². The van der Waals surface area contributed by atoms with Crippen LogP contribution in [0.2, 0.25) is 0 Å². The summed E-state index contributed by atoms with van der Waals surface area (Å²) >= 11 is 0. The quantitative estimate of drug-likeness (QED) is 0.531. The average molecular weight is 397 g/mol. The highest BCUT2D eigenvalue weighted by atomic mass is 16.5. The molecule has 0 aliphatic carbocycles. The summed E-state index contributed by atoms with van der Waals surface area (Å²) in [5, 5.41) is 2.78. The van der Waals surface area contributed by atoms with E-state index in [-0.39, 0.29) is 5.91 Å². The van der Waals surface area contributed by atoms with Crippen molar-refractivity contribution in [2.45, 2.75) is 33.8 Å². The van der Waals surface area contributed by atoms with Crippen molar-refractivity contribution in [1.82, 2.24) is 0 Å². The van der Waals surface area contributed by atoms with Gasteiger partial charge in [0.25, 0.3) is 5.91 Å². The summed E-state index contributed by atoms with van der Waals surface area (Å²) in [5.74, 6) is 0.207. The Bertz CT molecular complexity index is 904. The lowest BCUT2D eigenvalue weighted by Crippen LogP contribution is -2.29. The Morgan fingerprint density at radius 3 is 2.52 bits per heavy atom. The van der Waals surface area contributed by atoms with Gasteiger partial charge in [0.1, 0.15) is 0 Å². The van der Waals surface area contributed by atoms with E-state index in [1.165, 1.54) is 13.0 Å². The predicted molar refractivity (Wildman–Crippen MR) is 113 cm³/mol. The molecule has 0 fully saturated rings. The van der Waals surface area contributed by atoms with E-state index in [2.05, 4.69) is 5.32 Å². The second-order valence-corrected chi connectivity index (χ2v) is 6.56. The lowest BCUT2D eigenvalue weighted by Gasteiger charge is -2.14. The van der Waals surface area contributed by atoms with Gasteiger partial charge < -0.3 is 19.5 Å². The van der Waals surface area contributed by atoms with Crippen LogP contribution >= 0.6 is 0 Å². The van der Waals surface area contributed by atoms with Crippen molar-refractivity contribution in [2.24, 2.45) is 0 Å². The molecule has 0 spiro atoms. The summed E-state index contributed by atoms with van der Waals surface area (Å²) < 4.78 is 16.0. The van der Waals surface area contributed by atoms with Crippen molar-refractivity contribution in [1.29, 1.82) is 0 Å². The fraction of sp³-hybridized carbons (Fsp3) is 0.304. The molecule has 2 rings (SSSR count). The van der Waals surface area contributed by atoms with E-state index in [4.69, 9.17) is 14.2 Å².